The minimum atomic E-state index is -0.0850. The van der Waals surface area contributed by atoms with Gasteiger partial charge in [-0.3, -0.25) is 0 Å². The van der Waals surface area contributed by atoms with Crippen molar-refractivity contribution in [3.8, 4) is 5.75 Å². The highest BCUT2D eigenvalue weighted by Gasteiger charge is 2.19. The fourth-order valence-electron chi connectivity index (χ4n) is 2.00. The first-order valence-electron chi connectivity index (χ1n) is 6.28. The van der Waals surface area contributed by atoms with E-state index in [4.69, 9.17) is 10.5 Å². The molecule has 1 saturated heterocycles. The summed E-state index contributed by atoms with van der Waals surface area (Å²) in [4.78, 5) is 13.1. The maximum absolute atomic E-state index is 11.4. The fourth-order valence-corrected chi connectivity index (χ4v) is 2.34. The van der Waals surface area contributed by atoms with Gasteiger partial charge in [-0.25, -0.2) is 4.79 Å². The molecule has 5 nitrogen and oxygen atoms in total. The third-order valence-corrected chi connectivity index (χ3v) is 3.52. The van der Waals surface area contributed by atoms with Crippen molar-refractivity contribution in [3.05, 3.63) is 28.2 Å². The Morgan fingerprint density at radius 1 is 1.58 bits per heavy atom. The van der Waals surface area contributed by atoms with Gasteiger partial charge >= 0.3 is 6.03 Å². The lowest BCUT2D eigenvalue weighted by Gasteiger charge is -2.17. The van der Waals surface area contributed by atoms with Crippen LogP contribution in [0.5, 0.6) is 5.75 Å². The Labute approximate surface area is 121 Å². The summed E-state index contributed by atoms with van der Waals surface area (Å²) >= 11 is 3.42. The summed E-state index contributed by atoms with van der Waals surface area (Å²) in [6, 6.07) is 5.69. The van der Waals surface area contributed by atoms with Gasteiger partial charge in [0.05, 0.1) is 6.54 Å². The number of ether oxygens (including phenoxy) is 1. The molecule has 19 heavy (non-hydrogen) atoms. The van der Waals surface area contributed by atoms with Crippen LogP contribution in [0.25, 0.3) is 0 Å². The van der Waals surface area contributed by atoms with Crippen molar-refractivity contribution in [2.45, 2.75) is 13.0 Å². The molecule has 0 aliphatic carbocycles. The van der Waals surface area contributed by atoms with Gasteiger partial charge in [0.2, 0.25) is 0 Å². The molecule has 104 valence electrons. The van der Waals surface area contributed by atoms with E-state index in [0.29, 0.717) is 19.7 Å². The molecule has 0 bridgehead atoms. The molecule has 1 aliphatic heterocycles. The van der Waals surface area contributed by atoms with E-state index in [9.17, 15) is 4.79 Å². The van der Waals surface area contributed by atoms with Crippen LogP contribution in [-0.4, -0.2) is 37.2 Å². The number of nitrogens with one attached hydrogen (secondary N) is 1. The largest absolute Gasteiger partial charge is 0.491 e. The molecule has 0 spiro atoms. The Bertz CT molecular complexity index is 465. The lowest BCUT2D eigenvalue weighted by atomic mass is 10.1. The van der Waals surface area contributed by atoms with Crippen LogP contribution in [0.15, 0.2) is 22.7 Å². The molecule has 1 heterocycles. The Balaban J connectivity index is 1.95. The first kappa shape index (κ1) is 14.1. The first-order chi connectivity index (χ1) is 9.08. The van der Waals surface area contributed by atoms with Crippen LogP contribution in [0.2, 0.25) is 0 Å². The smallest absolute Gasteiger partial charge is 0.317 e. The van der Waals surface area contributed by atoms with Gasteiger partial charge < -0.3 is 20.7 Å². The number of carbonyl (C=O) groups is 1. The summed E-state index contributed by atoms with van der Waals surface area (Å²) in [5, 5.41) is 2.76. The highest BCUT2D eigenvalue weighted by molar-refractivity contribution is 9.10. The summed E-state index contributed by atoms with van der Waals surface area (Å²) < 4.78 is 6.71. The van der Waals surface area contributed by atoms with E-state index in [1.54, 1.807) is 4.90 Å². The van der Waals surface area contributed by atoms with Gasteiger partial charge in [0.15, 0.2) is 0 Å². The summed E-state index contributed by atoms with van der Waals surface area (Å²) in [5.41, 5.74) is 6.88. The first-order valence-corrected chi connectivity index (χ1v) is 7.08. The number of urea groups is 1. The number of benzene rings is 1. The van der Waals surface area contributed by atoms with Crippen LogP contribution < -0.4 is 15.8 Å². The second kappa shape index (κ2) is 6.25. The molecule has 3 N–H and O–H groups in total. The lowest BCUT2D eigenvalue weighted by Crippen LogP contribution is -2.32. The molecule has 0 aromatic heterocycles. The zero-order valence-corrected chi connectivity index (χ0v) is 12.4. The highest BCUT2D eigenvalue weighted by Crippen LogP contribution is 2.27. The van der Waals surface area contributed by atoms with Crippen molar-refractivity contribution >= 4 is 22.0 Å². The van der Waals surface area contributed by atoms with Crippen LogP contribution in [0.4, 0.5) is 4.79 Å². The molecule has 1 fully saturated rings. The minimum Gasteiger partial charge on any atom is -0.491 e. The second-order valence-electron chi connectivity index (χ2n) is 4.54. The predicted octanol–water partition coefficient (Wildman–Crippen LogP) is 1.87. The molecular formula is C13H18BrN3O2. The number of hydrogen-bond acceptors (Lipinski definition) is 3. The third-order valence-electron chi connectivity index (χ3n) is 3.03. The molecule has 2 amide bonds. The van der Waals surface area contributed by atoms with E-state index in [2.05, 4.69) is 21.2 Å². The molecule has 1 atom stereocenters. The number of nitrogens with two attached hydrogens (primary N) is 1. The molecule has 1 aromatic rings. The summed E-state index contributed by atoms with van der Waals surface area (Å²) in [7, 11) is 0. The predicted molar refractivity (Wildman–Crippen MR) is 77.2 cm³/mol. The average molecular weight is 328 g/mol. The number of hydrogen-bond donors (Lipinski definition) is 2. The molecule has 6 heteroatoms. The maximum Gasteiger partial charge on any atom is 0.317 e. The maximum atomic E-state index is 11.4. The summed E-state index contributed by atoms with van der Waals surface area (Å²) in [6.07, 6.45) is 0. The van der Waals surface area contributed by atoms with Gasteiger partial charge in [-0.05, 0) is 19.1 Å². The topological polar surface area (TPSA) is 67.6 Å². The van der Waals surface area contributed by atoms with E-state index in [0.717, 1.165) is 22.3 Å². The third kappa shape index (κ3) is 3.61. The number of rotatable bonds is 5. The summed E-state index contributed by atoms with van der Waals surface area (Å²) in [6.45, 7) is 4.41. The molecule has 2 rings (SSSR count). The zero-order valence-electron chi connectivity index (χ0n) is 10.9. The van der Waals surface area contributed by atoms with E-state index < -0.39 is 0 Å². The normalized spacial score (nSPS) is 16.4. The van der Waals surface area contributed by atoms with Gasteiger partial charge in [-0.15, -0.1) is 0 Å². The number of amides is 2. The molecule has 1 aliphatic rings. The SMILES string of the molecule is C[C@H](N)c1ccc(Br)cc1OCCN1CCNC1=O. The fraction of sp³-hybridized carbons (Fsp3) is 0.462. The molecule has 1 aromatic carbocycles. The molecule has 0 radical (unpaired) electrons. The minimum absolute atomic E-state index is 0.0229. The van der Waals surface area contributed by atoms with Gasteiger partial charge in [-0.2, -0.15) is 0 Å². The lowest BCUT2D eigenvalue weighted by molar-refractivity contribution is 0.202. The van der Waals surface area contributed by atoms with Crippen molar-refractivity contribution in [1.29, 1.82) is 0 Å². The number of halogens is 1. The zero-order chi connectivity index (χ0) is 13.8. The van der Waals surface area contributed by atoms with Gasteiger partial charge in [0.25, 0.3) is 0 Å². The Morgan fingerprint density at radius 2 is 2.37 bits per heavy atom. The van der Waals surface area contributed by atoms with Crippen LogP contribution in [-0.2, 0) is 0 Å². The van der Waals surface area contributed by atoms with Crippen LogP contribution in [0.3, 0.4) is 0 Å². The molecular weight excluding hydrogens is 310 g/mol. The van der Waals surface area contributed by atoms with Crippen LogP contribution >= 0.6 is 15.9 Å². The van der Waals surface area contributed by atoms with Gasteiger partial charge in [0, 0.05) is 29.2 Å². The van der Waals surface area contributed by atoms with E-state index >= 15 is 0 Å². The Hall–Kier alpha value is -1.27. The standard InChI is InChI=1S/C13H18BrN3O2/c1-9(15)11-3-2-10(14)8-12(11)19-7-6-17-5-4-16-13(17)18/h2-3,8-9H,4-7,15H2,1H3,(H,16,18)/t9-/m0/s1. The van der Waals surface area contributed by atoms with E-state index in [1.165, 1.54) is 0 Å². The van der Waals surface area contributed by atoms with Crippen molar-refractivity contribution in [1.82, 2.24) is 10.2 Å². The number of nitrogens with zero attached hydrogens (tertiary/aromatic N) is 1. The summed E-state index contributed by atoms with van der Waals surface area (Å²) in [5.74, 6) is 0.768. The molecule has 0 unspecified atom stereocenters. The van der Waals surface area contributed by atoms with Crippen LogP contribution in [0, 0.1) is 0 Å². The van der Waals surface area contributed by atoms with Crippen LogP contribution in [0.1, 0.15) is 18.5 Å². The van der Waals surface area contributed by atoms with Crippen molar-refractivity contribution < 1.29 is 9.53 Å². The second-order valence-corrected chi connectivity index (χ2v) is 5.45. The highest BCUT2D eigenvalue weighted by atomic mass is 79.9. The van der Waals surface area contributed by atoms with E-state index in [-0.39, 0.29) is 12.1 Å². The average Bonchev–Trinajstić information content (AvgIpc) is 2.75. The van der Waals surface area contributed by atoms with Gasteiger partial charge in [0.1, 0.15) is 12.4 Å². The number of carbonyl (C=O) groups excluding carboxylic acids is 1. The van der Waals surface area contributed by atoms with Crippen molar-refractivity contribution in [2.24, 2.45) is 5.73 Å². The van der Waals surface area contributed by atoms with Gasteiger partial charge in [-0.1, -0.05) is 22.0 Å². The Morgan fingerprint density at radius 3 is 3.00 bits per heavy atom. The quantitative estimate of drug-likeness (QED) is 0.867. The Kier molecular flexibility index (Phi) is 4.66. The molecule has 0 saturated carbocycles. The van der Waals surface area contributed by atoms with E-state index in [1.807, 2.05) is 25.1 Å². The van der Waals surface area contributed by atoms with Crippen molar-refractivity contribution in [2.75, 3.05) is 26.2 Å². The monoisotopic (exact) mass is 327 g/mol. The van der Waals surface area contributed by atoms with Crippen molar-refractivity contribution in [3.63, 3.8) is 0 Å².